The summed E-state index contributed by atoms with van der Waals surface area (Å²) in [6, 6.07) is 16.4. The zero-order valence-corrected chi connectivity index (χ0v) is 13.2. The van der Waals surface area contributed by atoms with E-state index in [0.29, 0.717) is 18.3 Å². The Morgan fingerprint density at radius 1 is 0.957 bits per heavy atom. The molecule has 0 unspecified atom stereocenters. The molecule has 0 bridgehead atoms. The van der Waals surface area contributed by atoms with Crippen molar-refractivity contribution in [2.45, 2.75) is 20.4 Å². The highest BCUT2D eigenvalue weighted by Gasteiger charge is 2.02. The van der Waals surface area contributed by atoms with Crippen LogP contribution in [0.4, 0.5) is 17.5 Å². The minimum atomic E-state index is 0.477. The Bertz CT molecular complexity index is 801. The fourth-order valence-corrected chi connectivity index (χ4v) is 2.31. The van der Waals surface area contributed by atoms with Crippen molar-refractivity contribution in [3.05, 3.63) is 71.4 Å². The molecule has 0 atom stereocenters. The second-order valence-electron chi connectivity index (χ2n) is 5.50. The second-order valence-corrected chi connectivity index (χ2v) is 5.50. The molecule has 0 spiro atoms. The summed E-state index contributed by atoms with van der Waals surface area (Å²) in [4.78, 5) is 4.44. The quantitative estimate of drug-likeness (QED) is 0.750. The van der Waals surface area contributed by atoms with E-state index in [-0.39, 0.29) is 0 Å². The molecule has 0 fully saturated rings. The average molecular weight is 305 g/mol. The molecule has 0 aliphatic carbocycles. The van der Waals surface area contributed by atoms with Gasteiger partial charge in [0.2, 0.25) is 5.95 Å². The molecular weight excluding hydrogens is 286 g/mol. The van der Waals surface area contributed by atoms with E-state index in [9.17, 15) is 0 Å². The highest BCUT2D eigenvalue weighted by atomic mass is 15.3. The van der Waals surface area contributed by atoms with Crippen LogP contribution in [0, 0.1) is 13.8 Å². The van der Waals surface area contributed by atoms with Gasteiger partial charge in [-0.05, 0) is 37.1 Å². The topological polar surface area (TPSA) is 62.7 Å². The van der Waals surface area contributed by atoms with Crippen LogP contribution >= 0.6 is 0 Å². The summed E-state index contributed by atoms with van der Waals surface area (Å²) in [6.07, 6.45) is 1.62. The summed E-state index contributed by atoms with van der Waals surface area (Å²) in [5, 5.41) is 14.5. The molecule has 23 heavy (non-hydrogen) atoms. The van der Waals surface area contributed by atoms with Gasteiger partial charge in [0, 0.05) is 12.2 Å². The van der Waals surface area contributed by atoms with E-state index in [1.54, 1.807) is 6.20 Å². The Morgan fingerprint density at radius 3 is 2.52 bits per heavy atom. The van der Waals surface area contributed by atoms with Crippen molar-refractivity contribution in [1.29, 1.82) is 0 Å². The molecule has 0 aliphatic rings. The lowest BCUT2D eigenvalue weighted by atomic mass is 10.1. The second kappa shape index (κ2) is 6.87. The van der Waals surface area contributed by atoms with Gasteiger partial charge in [0.1, 0.15) is 0 Å². The number of hydrogen-bond donors (Lipinski definition) is 2. The summed E-state index contributed by atoms with van der Waals surface area (Å²) in [7, 11) is 0. The molecule has 0 saturated carbocycles. The molecule has 1 aromatic heterocycles. The van der Waals surface area contributed by atoms with Crippen molar-refractivity contribution >= 4 is 17.5 Å². The molecule has 0 aliphatic heterocycles. The van der Waals surface area contributed by atoms with Crippen LogP contribution in [-0.4, -0.2) is 15.2 Å². The number of aromatic nitrogens is 3. The number of hydrogen-bond acceptors (Lipinski definition) is 5. The van der Waals surface area contributed by atoms with E-state index in [0.717, 1.165) is 5.69 Å². The molecule has 5 heteroatoms. The van der Waals surface area contributed by atoms with Crippen molar-refractivity contribution < 1.29 is 0 Å². The van der Waals surface area contributed by atoms with Crippen LogP contribution in [0.5, 0.6) is 0 Å². The van der Waals surface area contributed by atoms with Crippen molar-refractivity contribution in [1.82, 2.24) is 15.2 Å². The zero-order valence-electron chi connectivity index (χ0n) is 13.2. The van der Waals surface area contributed by atoms with Crippen LogP contribution in [0.25, 0.3) is 0 Å². The number of nitrogens with one attached hydrogen (secondary N) is 2. The maximum absolute atomic E-state index is 4.44. The number of anilines is 3. The number of rotatable bonds is 5. The zero-order chi connectivity index (χ0) is 16.1. The lowest BCUT2D eigenvalue weighted by molar-refractivity contribution is 0.965. The molecule has 0 radical (unpaired) electrons. The largest absolute Gasteiger partial charge is 0.365 e. The highest BCUT2D eigenvalue weighted by molar-refractivity contribution is 5.55. The molecule has 116 valence electrons. The molecule has 3 rings (SSSR count). The van der Waals surface area contributed by atoms with Gasteiger partial charge in [-0.3, -0.25) is 0 Å². The van der Waals surface area contributed by atoms with E-state index in [2.05, 4.69) is 57.0 Å². The first-order chi connectivity index (χ1) is 11.2. The van der Waals surface area contributed by atoms with Gasteiger partial charge in [0.05, 0.1) is 6.20 Å². The van der Waals surface area contributed by atoms with Crippen LogP contribution in [0.3, 0.4) is 0 Å². The monoisotopic (exact) mass is 305 g/mol. The molecule has 3 aromatic rings. The first-order valence-corrected chi connectivity index (χ1v) is 7.52. The van der Waals surface area contributed by atoms with Crippen LogP contribution in [-0.2, 0) is 6.54 Å². The Morgan fingerprint density at radius 2 is 1.74 bits per heavy atom. The maximum atomic E-state index is 4.44. The average Bonchev–Trinajstić information content (AvgIpc) is 2.53. The minimum absolute atomic E-state index is 0.477. The van der Waals surface area contributed by atoms with Gasteiger partial charge in [-0.2, -0.15) is 10.1 Å². The number of aryl methyl sites for hydroxylation is 2. The summed E-state index contributed by atoms with van der Waals surface area (Å²) < 4.78 is 0. The molecular formula is C18H19N5. The maximum Gasteiger partial charge on any atom is 0.249 e. The van der Waals surface area contributed by atoms with Crippen molar-refractivity contribution in [3.63, 3.8) is 0 Å². The molecule has 5 nitrogen and oxygen atoms in total. The first-order valence-electron chi connectivity index (χ1n) is 7.52. The molecule has 2 N–H and O–H groups in total. The van der Waals surface area contributed by atoms with Crippen molar-refractivity contribution in [3.8, 4) is 0 Å². The number of benzene rings is 2. The fraction of sp³-hybridized carbons (Fsp3) is 0.167. The van der Waals surface area contributed by atoms with Crippen LogP contribution in [0.15, 0.2) is 54.7 Å². The van der Waals surface area contributed by atoms with E-state index < -0.39 is 0 Å². The fourth-order valence-electron chi connectivity index (χ4n) is 2.31. The number of nitrogens with zero attached hydrogens (tertiary/aromatic N) is 3. The van der Waals surface area contributed by atoms with Crippen LogP contribution in [0.1, 0.15) is 16.7 Å². The van der Waals surface area contributed by atoms with Crippen LogP contribution in [0.2, 0.25) is 0 Å². The molecule has 0 amide bonds. The van der Waals surface area contributed by atoms with E-state index in [1.165, 1.54) is 16.7 Å². The Kier molecular flexibility index (Phi) is 4.47. The lowest BCUT2D eigenvalue weighted by Crippen LogP contribution is -2.05. The van der Waals surface area contributed by atoms with E-state index in [1.807, 2.05) is 31.2 Å². The Balaban J connectivity index is 1.67. The summed E-state index contributed by atoms with van der Waals surface area (Å²) in [5.74, 6) is 1.17. The van der Waals surface area contributed by atoms with Gasteiger partial charge < -0.3 is 10.6 Å². The van der Waals surface area contributed by atoms with Gasteiger partial charge in [-0.15, -0.1) is 5.10 Å². The van der Waals surface area contributed by atoms with Gasteiger partial charge >= 0.3 is 0 Å². The van der Waals surface area contributed by atoms with Gasteiger partial charge in [-0.25, -0.2) is 0 Å². The smallest absolute Gasteiger partial charge is 0.249 e. The standard InChI is InChI=1S/C18H19N5/c1-13-5-3-7-15(9-13)11-19-17-12-20-23-18(22-17)21-16-8-4-6-14(2)10-16/h3-10,12H,11H2,1-2H3,(H2,19,21,22,23). The third kappa shape index (κ3) is 4.26. The highest BCUT2D eigenvalue weighted by Crippen LogP contribution is 2.15. The third-order valence-corrected chi connectivity index (χ3v) is 3.39. The predicted molar refractivity (Wildman–Crippen MR) is 92.8 cm³/mol. The molecule has 2 aromatic carbocycles. The summed E-state index contributed by atoms with van der Waals surface area (Å²) >= 11 is 0. The van der Waals surface area contributed by atoms with Gasteiger partial charge in [-0.1, -0.05) is 42.0 Å². The minimum Gasteiger partial charge on any atom is -0.365 e. The van der Waals surface area contributed by atoms with E-state index in [4.69, 9.17) is 0 Å². The molecule has 1 heterocycles. The Hall–Kier alpha value is -2.95. The van der Waals surface area contributed by atoms with Crippen molar-refractivity contribution in [2.75, 3.05) is 10.6 Å². The van der Waals surface area contributed by atoms with Crippen molar-refractivity contribution in [2.24, 2.45) is 0 Å². The summed E-state index contributed by atoms with van der Waals surface area (Å²) in [5.41, 5.74) is 4.57. The van der Waals surface area contributed by atoms with E-state index >= 15 is 0 Å². The first kappa shape index (κ1) is 15.0. The normalized spacial score (nSPS) is 10.3. The van der Waals surface area contributed by atoms with Gasteiger partial charge in [0.15, 0.2) is 5.82 Å². The Labute approximate surface area is 135 Å². The molecule has 0 saturated heterocycles. The van der Waals surface area contributed by atoms with Gasteiger partial charge in [0.25, 0.3) is 0 Å². The predicted octanol–water partition coefficient (Wildman–Crippen LogP) is 3.84. The SMILES string of the molecule is Cc1cccc(CNc2cnnc(Nc3cccc(C)c3)n2)c1. The third-order valence-electron chi connectivity index (χ3n) is 3.39. The summed E-state index contributed by atoms with van der Waals surface area (Å²) in [6.45, 7) is 4.83. The van der Waals surface area contributed by atoms with Crippen LogP contribution < -0.4 is 10.6 Å². The lowest BCUT2D eigenvalue weighted by Gasteiger charge is -2.08.